The quantitative estimate of drug-likeness (QED) is 0.222. The number of unbranched alkanes of at least 4 members (excludes halogenated alkanes) is 1. The number of hydrogen-bond donors (Lipinski definition) is 0. The molecule has 5 heteroatoms. The van der Waals surface area contributed by atoms with Crippen LogP contribution < -0.4 is 0 Å². The Labute approximate surface area is 207 Å². The largest absolute Gasteiger partial charge is 0.326 e. The van der Waals surface area contributed by atoms with Crippen LogP contribution in [-0.2, 0) is 19.6 Å². The molecule has 1 heterocycles. The third-order valence-corrected chi connectivity index (χ3v) is 6.23. The van der Waals surface area contributed by atoms with Gasteiger partial charge in [0, 0.05) is 36.3 Å². The van der Waals surface area contributed by atoms with Gasteiger partial charge in [0.1, 0.15) is 5.82 Å². The monoisotopic (exact) mass is 473 g/mol. The van der Waals surface area contributed by atoms with Crippen LogP contribution in [0.5, 0.6) is 0 Å². The van der Waals surface area contributed by atoms with Gasteiger partial charge in [0.25, 0.3) is 0 Å². The van der Waals surface area contributed by atoms with Gasteiger partial charge in [-0.3, -0.25) is 4.90 Å². The van der Waals surface area contributed by atoms with Gasteiger partial charge in [-0.15, -0.1) is 0 Å². The zero-order valence-corrected chi connectivity index (χ0v) is 20.6. The van der Waals surface area contributed by atoms with Gasteiger partial charge in [-0.25, -0.2) is 13.8 Å². The van der Waals surface area contributed by atoms with Crippen molar-refractivity contribution in [2.75, 3.05) is 6.54 Å². The smallest absolute Gasteiger partial charge is 0.163 e. The molecule has 0 fully saturated rings. The summed E-state index contributed by atoms with van der Waals surface area (Å²) in [5, 5.41) is 0. The van der Waals surface area contributed by atoms with Crippen molar-refractivity contribution in [2.45, 2.75) is 52.7 Å². The minimum absolute atomic E-state index is 0.343. The Bertz CT molecular complexity index is 1220. The molecule has 0 aliphatic carbocycles. The van der Waals surface area contributed by atoms with E-state index >= 15 is 0 Å². The second kappa shape index (κ2) is 11.9. The number of benzene rings is 3. The van der Waals surface area contributed by atoms with E-state index in [1.807, 2.05) is 36.4 Å². The summed E-state index contributed by atoms with van der Waals surface area (Å²) in [6.45, 7) is 6.87. The number of rotatable bonds is 11. The van der Waals surface area contributed by atoms with Gasteiger partial charge in [-0.2, -0.15) is 0 Å². The summed E-state index contributed by atoms with van der Waals surface area (Å²) in [6.07, 6.45) is 2.97. The van der Waals surface area contributed by atoms with Crippen molar-refractivity contribution >= 4 is 0 Å². The van der Waals surface area contributed by atoms with Gasteiger partial charge < -0.3 is 4.57 Å². The molecule has 0 aliphatic heterocycles. The highest BCUT2D eigenvalue weighted by Crippen LogP contribution is 2.31. The van der Waals surface area contributed by atoms with Gasteiger partial charge in [-0.05, 0) is 25.5 Å². The molecule has 0 atom stereocenters. The molecule has 0 aliphatic rings. The standard InChI is InChI=1S/C30H33F2N3/c1-3-5-20-34(21-25-17-12-18-26(31)28(25)32)22-27-29(23-13-8-6-9-14-23)33-30(35(27)19-4-2)24-15-10-7-11-16-24/h6-18H,3-5,19-22H2,1-2H3. The Kier molecular flexibility index (Phi) is 8.43. The molecule has 182 valence electrons. The first-order valence-corrected chi connectivity index (χ1v) is 12.5. The summed E-state index contributed by atoms with van der Waals surface area (Å²) in [6, 6.07) is 24.9. The lowest BCUT2D eigenvalue weighted by Gasteiger charge is -2.24. The molecule has 0 N–H and O–H groups in total. The SMILES string of the molecule is CCCCN(Cc1cccc(F)c1F)Cc1c(-c2ccccc2)nc(-c2ccccc2)n1CCC. The summed E-state index contributed by atoms with van der Waals surface area (Å²) in [5.41, 5.74) is 4.55. The third kappa shape index (κ3) is 5.85. The van der Waals surface area contributed by atoms with E-state index in [9.17, 15) is 8.78 Å². The molecule has 4 aromatic rings. The van der Waals surface area contributed by atoms with Crippen molar-refractivity contribution in [2.24, 2.45) is 0 Å². The molecule has 0 saturated heterocycles. The zero-order valence-electron chi connectivity index (χ0n) is 20.6. The predicted molar refractivity (Wildman–Crippen MR) is 139 cm³/mol. The number of nitrogens with zero attached hydrogens (tertiary/aromatic N) is 3. The van der Waals surface area contributed by atoms with Crippen LogP contribution in [0.3, 0.4) is 0 Å². The van der Waals surface area contributed by atoms with Crippen LogP contribution in [-0.4, -0.2) is 21.0 Å². The summed E-state index contributed by atoms with van der Waals surface area (Å²) >= 11 is 0. The predicted octanol–water partition coefficient (Wildman–Crippen LogP) is 7.71. The summed E-state index contributed by atoms with van der Waals surface area (Å²) in [7, 11) is 0. The van der Waals surface area contributed by atoms with E-state index in [4.69, 9.17) is 4.98 Å². The van der Waals surface area contributed by atoms with Crippen molar-refractivity contribution in [3.8, 4) is 22.6 Å². The van der Waals surface area contributed by atoms with Crippen LogP contribution in [0.25, 0.3) is 22.6 Å². The zero-order chi connectivity index (χ0) is 24.6. The minimum atomic E-state index is -0.801. The first-order valence-electron chi connectivity index (χ1n) is 12.5. The van der Waals surface area contributed by atoms with E-state index in [0.29, 0.717) is 18.7 Å². The highest BCUT2D eigenvalue weighted by Gasteiger charge is 2.22. The molecule has 0 amide bonds. The lowest BCUT2D eigenvalue weighted by Crippen LogP contribution is -2.26. The maximum absolute atomic E-state index is 14.6. The minimum Gasteiger partial charge on any atom is -0.326 e. The fourth-order valence-corrected chi connectivity index (χ4v) is 4.46. The molecule has 0 spiro atoms. The Morgan fingerprint density at radius 1 is 0.771 bits per heavy atom. The average molecular weight is 474 g/mol. The normalized spacial score (nSPS) is 11.3. The van der Waals surface area contributed by atoms with Crippen LogP contribution in [0.4, 0.5) is 8.78 Å². The van der Waals surface area contributed by atoms with Crippen molar-refractivity contribution in [3.05, 3.63) is 102 Å². The maximum atomic E-state index is 14.6. The topological polar surface area (TPSA) is 21.1 Å². The summed E-state index contributed by atoms with van der Waals surface area (Å²) in [5.74, 6) is -0.622. The van der Waals surface area contributed by atoms with Gasteiger partial charge in [0.15, 0.2) is 11.6 Å². The first-order chi connectivity index (χ1) is 17.1. The molecular weight excluding hydrogens is 440 g/mol. The number of imidazole rings is 1. The molecule has 35 heavy (non-hydrogen) atoms. The van der Waals surface area contributed by atoms with Crippen LogP contribution in [0, 0.1) is 11.6 Å². The van der Waals surface area contributed by atoms with Crippen LogP contribution >= 0.6 is 0 Å². The molecule has 0 radical (unpaired) electrons. The summed E-state index contributed by atoms with van der Waals surface area (Å²) in [4.78, 5) is 7.36. The highest BCUT2D eigenvalue weighted by atomic mass is 19.2. The Hall–Kier alpha value is -3.31. The fourth-order valence-electron chi connectivity index (χ4n) is 4.46. The highest BCUT2D eigenvalue weighted by molar-refractivity contribution is 5.68. The van der Waals surface area contributed by atoms with Crippen LogP contribution in [0.15, 0.2) is 78.9 Å². The number of hydrogen-bond acceptors (Lipinski definition) is 2. The van der Waals surface area contributed by atoms with Gasteiger partial charge in [-0.1, -0.05) is 93.1 Å². The lowest BCUT2D eigenvalue weighted by molar-refractivity contribution is 0.242. The Morgan fingerprint density at radius 2 is 1.46 bits per heavy atom. The van der Waals surface area contributed by atoms with Crippen molar-refractivity contribution in [1.82, 2.24) is 14.5 Å². The Morgan fingerprint density at radius 3 is 2.11 bits per heavy atom. The molecular formula is C30H33F2N3. The van der Waals surface area contributed by atoms with E-state index in [1.165, 1.54) is 6.07 Å². The molecule has 3 nitrogen and oxygen atoms in total. The second-order valence-electron chi connectivity index (χ2n) is 8.89. The van der Waals surface area contributed by atoms with Crippen molar-refractivity contribution < 1.29 is 8.78 Å². The maximum Gasteiger partial charge on any atom is 0.163 e. The summed E-state index contributed by atoms with van der Waals surface area (Å²) < 4.78 is 30.8. The van der Waals surface area contributed by atoms with E-state index < -0.39 is 11.6 Å². The average Bonchev–Trinajstić information content (AvgIpc) is 3.24. The van der Waals surface area contributed by atoms with Crippen LogP contribution in [0.2, 0.25) is 0 Å². The van der Waals surface area contributed by atoms with E-state index in [-0.39, 0.29) is 0 Å². The molecule has 0 saturated carbocycles. The lowest BCUT2D eigenvalue weighted by atomic mass is 10.1. The Balaban J connectivity index is 1.80. The fraction of sp³-hybridized carbons (Fsp3) is 0.300. The molecule has 3 aromatic carbocycles. The van der Waals surface area contributed by atoms with Gasteiger partial charge in [0.2, 0.25) is 0 Å². The van der Waals surface area contributed by atoms with Gasteiger partial charge in [0.05, 0.1) is 11.4 Å². The molecule has 0 bridgehead atoms. The van der Waals surface area contributed by atoms with E-state index in [0.717, 1.165) is 60.7 Å². The number of halogens is 2. The molecule has 4 rings (SSSR count). The van der Waals surface area contributed by atoms with Crippen molar-refractivity contribution in [1.29, 1.82) is 0 Å². The van der Waals surface area contributed by atoms with E-state index in [2.05, 4.69) is 47.6 Å². The van der Waals surface area contributed by atoms with Gasteiger partial charge >= 0.3 is 0 Å². The second-order valence-corrected chi connectivity index (χ2v) is 8.89. The van der Waals surface area contributed by atoms with E-state index in [1.54, 1.807) is 12.1 Å². The third-order valence-electron chi connectivity index (χ3n) is 6.23. The van der Waals surface area contributed by atoms with Crippen molar-refractivity contribution in [3.63, 3.8) is 0 Å². The van der Waals surface area contributed by atoms with Crippen LogP contribution in [0.1, 0.15) is 44.4 Å². The molecule has 0 unspecified atom stereocenters. The molecule has 1 aromatic heterocycles. The first kappa shape index (κ1) is 24.8. The number of aromatic nitrogens is 2.